The minimum absolute atomic E-state index is 0.000194. The summed E-state index contributed by atoms with van der Waals surface area (Å²) in [5.74, 6) is 0.210. The fourth-order valence-electron chi connectivity index (χ4n) is 2.75. The zero-order chi connectivity index (χ0) is 17.1. The van der Waals surface area contributed by atoms with Crippen molar-refractivity contribution in [3.63, 3.8) is 0 Å². The predicted molar refractivity (Wildman–Crippen MR) is 92.6 cm³/mol. The monoisotopic (exact) mass is 343 g/mol. The molecule has 0 aliphatic carbocycles. The molecule has 0 bridgehead atoms. The van der Waals surface area contributed by atoms with Crippen molar-refractivity contribution >= 4 is 29.2 Å². The van der Waals surface area contributed by atoms with Crippen LogP contribution in [0.5, 0.6) is 0 Å². The number of benzene rings is 1. The lowest BCUT2D eigenvalue weighted by Crippen LogP contribution is -2.41. The van der Waals surface area contributed by atoms with E-state index in [1.54, 1.807) is 17.0 Å². The number of rotatable bonds is 4. The van der Waals surface area contributed by atoms with Crippen LogP contribution < -0.4 is 5.32 Å². The van der Waals surface area contributed by atoms with Gasteiger partial charge >= 0.3 is 0 Å². The lowest BCUT2D eigenvalue weighted by molar-refractivity contribution is -0.133. The highest BCUT2D eigenvalue weighted by Gasteiger charge is 2.36. The molecule has 1 aliphatic rings. The molecule has 3 rings (SSSR count). The van der Waals surface area contributed by atoms with Crippen molar-refractivity contribution in [1.82, 2.24) is 9.88 Å². The summed E-state index contributed by atoms with van der Waals surface area (Å²) in [6, 6.07) is 10.8. The Morgan fingerprint density at radius 2 is 2.04 bits per heavy atom. The maximum Gasteiger partial charge on any atom is 0.248 e. The molecule has 1 aromatic heterocycles. The zero-order valence-electron chi connectivity index (χ0n) is 13.3. The molecule has 24 heavy (non-hydrogen) atoms. The molecule has 1 aromatic carbocycles. The van der Waals surface area contributed by atoms with E-state index in [0.717, 1.165) is 11.1 Å². The van der Waals surface area contributed by atoms with Gasteiger partial charge in [-0.15, -0.1) is 0 Å². The van der Waals surface area contributed by atoms with Gasteiger partial charge < -0.3 is 10.2 Å². The van der Waals surface area contributed by atoms with Gasteiger partial charge in [-0.25, -0.2) is 4.98 Å². The summed E-state index contributed by atoms with van der Waals surface area (Å²) < 4.78 is 0. The second-order valence-electron chi connectivity index (χ2n) is 5.91. The Hall–Kier alpha value is -2.40. The third-order valence-corrected chi connectivity index (χ3v) is 4.31. The van der Waals surface area contributed by atoms with Gasteiger partial charge in [0.1, 0.15) is 11.9 Å². The molecule has 1 fully saturated rings. The Bertz CT molecular complexity index is 744. The van der Waals surface area contributed by atoms with Crippen molar-refractivity contribution < 1.29 is 9.59 Å². The first-order valence-corrected chi connectivity index (χ1v) is 8.18. The van der Waals surface area contributed by atoms with E-state index in [0.29, 0.717) is 30.2 Å². The summed E-state index contributed by atoms with van der Waals surface area (Å²) in [6.45, 7) is 2.45. The number of hydrogen-bond donors (Lipinski definition) is 1. The highest BCUT2D eigenvalue weighted by molar-refractivity contribution is 6.30. The number of nitrogens with one attached hydrogen (secondary N) is 1. The van der Waals surface area contributed by atoms with Gasteiger partial charge in [0.05, 0.1) is 5.02 Å². The Morgan fingerprint density at radius 1 is 1.29 bits per heavy atom. The topological polar surface area (TPSA) is 62.3 Å². The molecule has 0 spiro atoms. The highest BCUT2D eigenvalue weighted by Crippen LogP contribution is 2.23. The van der Waals surface area contributed by atoms with E-state index >= 15 is 0 Å². The first kappa shape index (κ1) is 16.5. The largest absolute Gasteiger partial charge is 0.326 e. The van der Waals surface area contributed by atoms with E-state index in [4.69, 9.17) is 11.6 Å². The maximum absolute atomic E-state index is 12.5. The minimum Gasteiger partial charge on any atom is -0.326 e. The summed E-state index contributed by atoms with van der Waals surface area (Å²) in [7, 11) is 0. The average molecular weight is 344 g/mol. The van der Waals surface area contributed by atoms with Gasteiger partial charge in [-0.05, 0) is 31.0 Å². The van der Waals surface area contributed by atoms with Crippen LogP contribution in [0.25, 0.3) is 0 Å². The molecule has 0 radical (unpaired) electrons. The Labute approximate surface area is 145 Å². The van der Waals surface area contributed by atoms with Crippen LogP contribution in [0.4, 0.5) is 5.82 Å². The van der Waals surface area contributed by atoms with Crippen molar-refractivity contribution in [2.45, 2.75) is 32.4 Å². The third-order valence-electron chi connectivity index (χ3n) is 4.08. The number of hydrogen-bond acceptors (Lipinski definition) is 3. The van der Waals surface area contributed by atoms with E-state index < -0.39 is 6.04 Å². The molecule has 2 heterocycles. The highest BCUT2D eigenvalue weighted by atomic mass is 35.5. The molecule has 1 aliphatic heterocycles. The quantitative estimate of drug-likeness (QED) is 0.927. The van der Waals surface area contributed by atoms with Gasteiger partial charge in [0.25, 0.3) is 0 Å². The summed E-state index contributed by atoms with van der Waals surface area (Å²) in [6.07, 6.45) is 2.38. The molecule has 1 atom stereocenters. The Kier molecular flexibility index (Phi) is 4.81. The molecular formula is C18H18ClN3O2. The van der Waals surface area contributed by atoms with Gasteiger partial charge in [-0.1, -0.05) is 41.4 Å². The summed E-state index contributed by atoms with van der Waals surface area (Å²) in [5.41, 5.74) is 2.17. The van der Waals surface area contributed by atoms with Crippen molar-refractivity contribution in [3.8, 4) is 0 Å². The SMILES string of the molecule is Cc1ccc(CN2C(=O)CC[C@H]2C(=O)Nc2ccc(Cl)cn2)cc1. The van der Waals surface area contributed by atoms with Crippen LogP contribution in [0.1, 0.15) is 24.0 Å². The van der Waals surface area contributed by atoms with E-state index in [9.17, 15) is 9.59 Å². The van der Waals surface area contributed by atoms with Gasteiger partial charge in [0, 0.05) is 19.2 Å². The van der Waals surface area contributed by atoms with Gasteiger partial charge in [0.15, 0.2) is 0 Å². The van der Waals surface area contributed by atoms with Crippen molar-refractivity contribution in [3.05, 3.63) is 58.7 Å². The molecule has 2 aromatic rings. The number of anilines is 1. The summed E-state index contributed by atoms with van der Waals surface area (Å²) >= 11 is 5.79. The average Bonchev–Trinajstić information content (AvgIpc) is 2.93. The van der Waals surface area contributed by atoms with E-state index in [2.05, 4.69) is 10.3 Å². The van der Waals surface area contributed by atoms with Crippen LogP contribution >= 0.6 is 11.6 Å². The van der Waals surface area contributed by atoms with E-state index in [1.165, 1.54) is 6.20 Å². The first-order valence-electron chi connectivity index (χ1n) is 7.80. The molecule has 6 heteroatoms. The number of likely N-dealkylation sites (tertiary alicyclic amines) is 1. The molecule has 124 valence electrons. The summed E-state index contributed by atoms with van der Waals surface area (Å²) in [5, 5.41) is 3.26. The second kappa shape index (κ2) is 7.01. The molecule has 2 amide bonds. The van der Waals surface area contributed by atoms with Crippen LogP contribution in [-0.2, 0) is 16.1 Å². The lowest BCUT2D eigenvalue weighted by Gasteiger charge is -2.24. The first-order chi connectivity index (χ1) is 11.5. The third kappa shape index (κ3) is 3.74. The number of carbonyl (C=O) groups excluding carboxylic acids is 2. The number of amides is 2. The van der Waals surface area contributed by atoms with Crippen LogP contribution in [-0.4, -0.2) is 27.7 Å². The van der Waals surface area contributed by atoms with Gasteiger partial charge in [-0.2, -0.15) is 0 Å². The van der Waals surface area contributed by atoms with Crippen LogP contribution in [0.15, 0.2) is 42.6 Å². The van der Waals surface area contributed by atoms with Crippen molar-refractivity contribution in [1.29, 1.82) is 0 Å². The Balaban J connectivity index is 1.70. The number of carbonyl (C=O) groups is 2. The molecular weight excluding hydrogens is 326 g/mol. The number of pyridine rings is 1. The lowest BCUT2D eigenvalue weighted by atomic mass is 10.1. The number of nitrogens with zero attached hydrogens (tertiary/aromatic N) is 2. The second-order valence-corrected chi connectivity index (χ2v) is 6.35. The standard InChI is InChI=1S/C18H18ClN3O2/c1-12-2-4-13(5-3-12)11-22-15(7-9-17(22)23)18(24)21-16-8-6-14(19)10-20-16/h2-6,8,10,15H,7,9,11H2,1H3,(H,20,21,24)/t15-/m0/s1. The normalized spacial score (nSPS) is 17.2. The van der Waals surface area contributed by atoms with Crippen LogP contribution in [0.3, 0.4) is 0 Å². The van der Waals surface area contributed by atoms with E-state index in [1.807, 2.05) is 31.2 Å². The van der Waals surface area contributed by atoms with E-state index in [-0.39, 0.29) is 11.8 Å². The molecule has 0 unspecified atom stereocenters. The minimum atomic E-state index is -0.476. The molecule has 5 nitrogen and oxygen atoms in total. The van der Waals surface area contributed by atoms with Gasteiger partial charge in [0.2, 0.25) is 11.8 Å². The van der Waals surface area contributed by atoms with Crippen molar-refractivity contribution in [2.24, 2.45) is 0 Å². The predicted octanol–water partition coefficient (Wildman–Crippen LogP) is 3.17. The smallest absolute Gasteiger partial charge is 0.248 e. The number of aryl methyl sites for hydroxylation is 1. The fraction of sp³-hybridized carbons (Fsp3) is 0.278. The number of aromatic nitrogens is 1. The zero-order valence-corrected chi connectivity index (χ0v) is 14.1. The Morgan fingerprint density at radius 3 is 2.71 bits per heavy atom. The van der Waals surface area contributed by atoms with Crippen LogP contribution in [0, 0.1) is 6.92 Å². The number of halogens is 1. The van der Waals surface area contributed by atoms with Crippen molar-refractivity contribution in [2.75, 3.05) is 5.32 Å². The fourth-order valence-corrected chi connectivity index (χ4v) is 2.87. The maximum atomic E-state index is 12.5. The van der Waals surface area contributed by atoms with Crippen LogP contribution in [0.2, 0.25) is 5.02 Å². The molecule has 1 saturated heterocycles. The summed E-state index contributed by atoms with van der Waals surface area (Å²) in [4.78, 5) is 30.4. The molecule has 1 N–H and O–H groups in total. The van der Waals surface area contributed by atoms with Gasteiger partial charge in [-0.3, -0.25) is 9.59 Å². The molecule has 0 saturated carbocycles.